The first-order chi connectivity index (χ1) is 10.2. The second kappa shape index (κ2) is 7.41. The largest absolute Gasteiger partial charge is 0.395 e. The molecule has 5 heteroatoms. The van der Waals surface area contributed by atoms with Gasteiger partial charge >= 0.3 is 6.03 Å². The molecule has 0 saturated heterocycles. The van der Waals surface area contributed by atoms with Gasteiger partial charge in [0.05, 0.1) is 6.61 Å². The molecule has 2 N–H and O–H groups in total. The Hall–Kier alpha value is -1.62. The van der Waals surface area contributed by atoms with Crippen molar-refractivity contribution in [1.29, 1.82) is 0 Å². The molecule has 4 nitrogen and oxygen atoms in total. The third-order valence-electron chi connectivity index (χ3n) is 3.84. The number of unbranched alkanes of at least 4 members (excludes halogenated alkanes) is 1. The Morgan fingerprint density at radius 3 is 2.86 bits per heavy atom. The smallest absolute Gasteiger partial charge is 0.317 e. The van der Waals surface area contributed by atoms with E-state index in [0.717, 1.165) is 19.3 Å². The first-order valence-electron chi connectivity index (χ1n) is 7.58. The van der Waals surface area contributed by atoms with Crippen LogP contribution in [0.3, 0.4) is 0 Å². The topological polar surface area (TPSA) is 52.6 Å². The predicted molar refractivity (Wildman–Crippen MR) is 79.6 cm³/mol. The van der Waals surface area contributed by atoms with Crippen molar-refractivity contribution >= 4 is 6.03 Å². The second-order valence-corrected chi connectivity index (χ2v) is 5.48. The van der Waals surface area contributed by atoms with Crippen molar-refractivity contribution in [3.05, 3.63) is 35.6 Å². The van der Waals surface area contributed by atoms with Crippen LogP contribution in [0.1, 0.15) is 37.7 Å². The van der Waals surface area contributed by atoms with Crippen LogP contribution in [-0.4, -0.2) is 41.8 Å². The molecule has 1 fully saturated rings. The van der Waals surface area contributed by atoms with Crippen LogP contribution in [0.25, 0.3) is 0 Å². The van der Waals surface area contributed by atoms with Crippen molar-refractivity contribution in [3.63, 3.8) is 0 Å². The number of hydrogen-bond acceptors (Lipinski definition) is 2. The number of hydrogen-bond donors (Lipinski definition) is 2. The third-order valence-corrected chi connectivity index (χ3v) is 3.84. The summed E-state index contributed by atoms with van der Waals surface area (Å²) in [5, 5.41) is 12.0. The van der Waals surface area contributed by atoms with Crippen molar-refractivity contribution in [3.8, 4) is 0 Å². The molecule has 1 aliphatic rings. The lowest BCUT2D eigenvalue weighted by Crippen LogP contribution is -2.43. The number of urea groups is 1. The van der Waals surface area contributed by atoms with Gasteiger partial charge in [0.25, 0.3) is 0 Å². The standard InChI is InChI=1S/C16H23FN2O2/c1-2-3-8-19(9-10-20)16(21)18-15-11-13(15)12-6-4-5-7-14(12)17/h4-7,13,15,20H,2-3,8-11H2,1H3,(H,18,21). The van der Waals surface area contributed by atoms with Gasteiger partial charge in [-0.15, -0.1) is 0 Å². The summed E-state index contributed by atoms with van der Waals surface area (Å²) < 4.78 is 13.7. The number of nitrogens with one attached hydrogen (secondary N) is 1. The highest BCUT2D eigenvalue weighted by atomic mass is 19.1. The maximum Gasteiger partial charge on any atom is 0.317 e. The van der Waals surface area contributed by atoms with Gasteiger partial charge in [-0.2, -0.15) is 0 Å². The van der Waals surface area contributed by atoms with Gasteiger partial charge in [0, 0.05) is 25.0 Å². The Kier molecular flexibility index (Phi) is 5.56. The fourth-order valence-corrected chi connectivity index (χ4v) is 2.51. The minimum atomic E-state index is -0.211. The molecule has 0 heterocycles. The number of aliphatic hydroxyl groups excluding tert-OH is 1. The van der Waals surface area contributed by atoms with Crippen LogP contribution in [0.2, 0.25) is 0 Å². The molecule has 0 bridgehead atoms. The Morgan fingerprint density at radius 2 is 2.19 bits per heavy atom. The minimum absolute atomic E-state index is 0.00257. The molecule has 2 amide bonds. The number of rotatable bonds is 7. The van der Waals surface area contributed by atoms with E-state index in [4.69, 9.17) is 5.11 Å². The zero-order chi connectivity index (χ0) is 15.2. The number of aliphatic hydroxyl groups is 1. The van der Waals surface area contributed by atoms with Gasteiger partial charge in [-0.3, -0.25) is 0 Å². The van der Waals surface area contributed by atoms with Crippen LogP contribution in [0.5, 0.6) is 0 Å². The number of carbonyl (C=O) groups excluding carboxylic acids is 1. The van der Waals surface area contributed by atoms with Crippen LogP contribution in [0.4, 0.5) is 9.18 Å². The Labute approximate surface area is 125 Å². The molecule has 2 rings (SSSR count). The number of benzene rings is 1. The summed E-state index contributed by atoms with van der Waals surface area (Å²) in [6.45, 7) is 2.99. The van der Waals surface area contributed by atoms with Gasteiger partial charge < -0.3 is 15.3 Å². The molecule has 0 aliphatic heterocycles. The average molecular weight is 294 g/mol. The zero-order valence-electron chi connectivity index (χ0n) is 12.4. The highest BCUT2D eigenvalue weighted by molar-refractivity contribution is 5.75. The molecule has 116 valence electrons. The molecule has 2 unspecified atom stereocenters. The second-order valence-electron chi connectivity index (χ2n) is 5.48. The van der Waals surface area contributed by atoms with Crippen molar-refractivity contribution in [1.82, 2.24) is 10.2 Å². The van der Waals surface area contributed by atoms with Gasteiger partial charge in [-0.05, 0) is 24.5 Å². The van der Waals surface area contributed by atoms with E-state index < -0.39 is 0 Å². The Morgan fingerprint density at radius 1 is 1.43 bits per heavy atom. The number of carbonyl (C=O) groups is 1. The van der Waals surface area contributed by atoms with E-state index in [0.29, 0.717) is 18.7 Å². The highest BCUT2D eigenvalue weighted by Gasteiger charge is 2.41. The quantitative estimate of drug-likeness (QED) is 0.812. The summed E-state index contributed by atoms with van der Waals surface area (Å²) >= 11 is 0. The Bertz CT molecular complexity index is 481. The summed E-state index contributed by atoms with van der Waals surface area (Å²) in [6.07, 6.45) is 2.68. The van der Waals surface area contributed by atoms with E-state index in [2.05, 4.69) is 12.2 Å². The fourth-order valence-electron chi connectivity index (χ4n) is 2.51. The molecule has 0 aromatic heterocycles. The van der Waals surface area contributed by atoms with E-state index in [1.54, 1.807) is 17.0 Å². The maximum absolute atomic E-state index is 13.7. The van der Waals surface area contributed by atoms with E-state index in [9.17, 15) is 9.18 Å². The SMILES string of the molecule is CCCCN(CCO)C(=O)NC1CC1c1ccccc1F. The molecular weight excluding hydrogens is 271 g/mol. The van der Waals surface area contributed by atoms with E-state index in [-0.39, 0.29) is 30.4 Å². The normalized spacial score (nSPS) is 20.1. The van der Waals surface area contributed by atoms with E-state index in [1.165, 1.54) is 6.07 Å². The summed E-state index contributed by atoms with van der Waals surface area (Å²) in [7, 11) is 0. The number of nitrogens with zero attached hydrogens (tertiary/aromatic N) is 1. The number of halogens is 1. The summed E-state index contributed by atoms with van der Waals surface area (Å²) in [5.74, 6) is -0.144. The lowest BCUT2D eigenvalue weighted by atomic mass is 10.1. The van der Waals surface area contributed by atoms with Crippen molar-refractivity contribution in [2.75, 3.05) is 19.7 Å². The maximum atomic E-state index is 13.7. The van der Waals surface area contributed by atoms with Crippen LogP contribution < -0.4 is 5.32 Å². The van der Waals surface area contributed by atoms with Crippen LogP contribution in [0, 0.1) is 5.82 Å². The zero-order valence-corrected chi connectivity index (χ0v) is 12.4. The predicted octanol–water partition coefficient (Wildman–Crippen LogP) is 2.49. The summed E-state index contributed by atoms with van der Waals surface area (Å²) in [4.78, 5) is 13.8. The van der Waals surface area contributed by atoms with Gasteiger partial charge in [0.1, 0.15) is 5.82 Å². The molecule has 1 aromatic rings. The van der Waals surface area contributed by atoms with Gasteiger partial charge in [-0.25, -0.2) is 9.18 Å². The van der Waals surface area contributed by atoms with Crippen molar-refractivity contribution in [2.45, 2.75) is 38.1 Å². The lowest BCUT2D eigenvalue weighted by Gasteiger charge is -2.22. The van der Waals surface area contributed by atoms with Crippen LogP contribution >= 0.6 is 0 Å². The lowest BCUT2D eigenvalue weighted by molar-refractivity contribution is 0.175. The minimum Gasteiger partial charge on any atom is -0.395 e. The first kappa shape index (κ1) is 15.8. The molecular formula is C16H23FN2O2. The molecule has 1 aliphatic carbocycles. The van der Waals surface area contributed by atoms with Gasteiger partial charge in [0.2, 0.25) is 0 Å². The summed E-state index contributed by atoms with van der Waals surface area (Å²) in [5.41, 5.74) is 0.671. The van der Waals surface area contributed by atoms with Gasteiger partial charge in [-0.1, -0.05) is 31.5 Å². The fraction of sp³-hybridized carbons (Fsp3) is 0.562. The van der Waals surface area contributed by atoms with E-state index >= 15 is 0 Å². The molecule has 0 spiro atoms. The molecule has 1 saturated carbocycles. The Balaban J connectivity index is 1.87. The monoisotopic (exact) mass is 294 g/mol. The van der Waals surface area contributed by atoms with Crippen molar-refractivity contribution in [2.24, 2.45) is 0 Å². The highest BCUT2D eigenvalue weighted by Crippen LogP contribution is 2.41. The molecule has 21 heavy (non-hydrogen) atoms. The van der Waals surface area contributed by atoms with E-state index in [1.807, 2.05) is 6.07 Å². The van der Waals surface area contributed by atoms with Crippen molar-refractivity contribution < 1.29 is 14.3 Å². The van der Waals surface area contributed by atoms with Crippen LogP contribution in [0.15, 0.2) is 24.3 Å². The first-order valence-corrected chi connectivity index (χ1v) is 7.58. The third kappa shape index (κ3) is 4.17. The van der Waals surface area contributed by atoms with Crippen LogP contribution in [-0.2, 0) is 0 Å². The molecule has 1 aromatic carbocycles. The molecule has 2 atom stereocenters. The van der Waals surface area contributed by atoms with Gasteiger partial charge in [0.15, 0.2) is 0 Å². The average Bonchev–Trinajstić information content (AvgIpc) is 3.22. The number of amides is 2. The molecule has 0 radical (unpaired) electrons. The summed E-state index contributed by atoms with van der Waals surface area (Å²) in [6, 6.07) is 6.54.